The highest BCUT2D eigenvalue weighted by Crippen LogP contribution is 1.98. The van der Waals surface area contributed by atoms with Crippen LogP contribution in [-0.4, -0.2) is 48.2 Å². The Kier molecular flexibility index (Phi) is 6.37. The first-order chi connectivity index (χ1) is 6.99. The molecule has 0 aromatic rings. The maximum atomic E-state index is 11.5. The normalized spacial score (nSPS) is 11.9. The monoisotopic (exact) mass is 215 g/mol. The molecule has 0 bridgehead atoms. The molecule has 0 aromatic carbocycles. The average Bonchev–Trinajstić information content (AvgIpc) is 2.15. The number of rotatable bonds is 7. The molecule has 1 atom stereocenters. The smallest absolute Gasteiger partial charge is 0.323 e. The van der Waals surface area contributed by atoms with Gasteiger partial charge in [-0.05, 0) is 13.3 Å². The SMILES string of the molecule is C=CCCOC(C)C(=O)N(C)CC(=O)O. The summed E-state index contributed by atoms with van der Waals surface area (Å²) in [7, 11) is 1.43. The lowest BCUT2D eigenvalue weighted by atomic mass is 10.3. The second-order valence-corrected chi connectivity index (χ2v) is 3.18. The molecule has 1 amide bonds. The molecule has 1 unspecified atom stereocenters. The van der Waals surface area contributed by atoms with Crippen LogP contribution in [0.2, 0.25) is 0 Å². The van der Waals surface area contributed by atoms with E-state index >= 15 is 0 Å². The fourth-order valence-corrected chi connectivity index (χ4v) is 0.991. The molecule has 0 aromatic heterocycles. The molecule has 0 aliphatic heterocycles. The number of hydrogen-bond acceptors (Lipinski definition) is 3. The van der Waals surface area contributed by atoms with E-state index in [1.165, 1.54) is 7.05 Å². The third kappa shape index (κ3) is 5.85. The van der Waals surface area contributed by atoms with Crippen molar-refractivity contribution in [1.29, 1.82) is 0 Å². The van der Waals surface area contributed by atoms with Crippen molar-refractivity contribution >= 4 is 11.9 Å². The van der Waals surface area contributed by atoms with E-state index in [2.05, 4.69) is 6.58 Å². The van der Waals surface area contributed by atoms with Crippen LogP contribution in [0.3, 0.4) is 0 Å². The number of aliphatic carboxylic acids is 1. The quantitative estimate of drug-likeness (QED) is 0.496. The lowest BCUT2D eigenvalue weighted by molar-refractivity contribution is -0.148. The summed E-state index contributed by atoms with van der Waals surface area (Å²) in [6, 6.07) is 0. The summed E-state index contributed by atoms with van der Waals surface area (Å²) in [4.78, 5) is 23.0. The number of hydrogen-bond donors (Lipinski definition) is 1. The van der Waals surface area contributed by atoms with Gasteiger partial charge in [-0.1, -0.05) is 6.08 Å². The van der Waals surface area contributed by atoms with E-state index in [0.717, 1.165) is 4.90 Å². The van der Waals surface area contributed by atoms with Crippen LogP contribution in [0.15, 0.2) is 12.7 Å². The maximum Gasteiger partial charge on any atom is 0.323 e. The minimum absolute atomic E-state index is 0.312. The van der Waals surface area contributed by atoms with Crippen molar-refractivity contribution in [3.05, 3.63) is 12.7 Å². The first-order valence-electron chi connectivity index (χ1n) is 4.68. The predicted molar refractivity (Wildman–Crippen MR) is 55.5 cm³/mol. The first-order valence-corrected chi connectivity index (χ1v) is 4.68. The highest BCUT2D eigenvalue weighted by atomic mass is 16.5. The van der Waals surface area contributed by atoms with Gasteiger partial charge in [-0.2, -0.15) is 0 Å². The largest absolute Gasteiger partial charge is 0.480 e. The van der Waals surface area contributed by atoms with E-state index in [1.54, 1.807) is 13.0 Å². The van der Waals surface area contributed by atoms with Crippen molar-refractivity contribution in [2.75, 3.05) is 20.2 Å². The van der Waals surface area contributed by atoms with E-state index in [0.29, 0.717) is 13.0 Å². The number of carboxylic acid groups (broad SMARTS) is 1. The third-order valence-electron chi connectivity index (χ3n) is 1.79. The molecule has 0 spiro atoms. The number of ether oxygens (including phenoxy) is 1. The minimum atomic E-state index is -1.04. The Bertz CT molecular complexity index is 240. The molecule has 0 radical (unpaired) electrons. The zero-order valence-corrected chi connectivity index (χ0v) is 9.10. The van der Waals surface area contributed by atoms with Gasteiger partial charge >= 0.3 is 5.97 Å². The van der Waals surface area contributed by atoms with Gasteiger partial charge in [-0.25, -0.2) is 0 Å². The van der Waals surface area contributed by atoms with Crippen molar-refractivity contribution in [1.82, 2.24) is 4.90 Å². The Labute approximate surface area is 89.3 Å². The second-order valence-electron chi connectivity index (χ2n) is 3.18. The van der Waals surface area contributed by atoms with Crippen LogP contribution in [0.25, 0.3) is 0 Å². The molecule has 5 heteroatoms. The van der Waals surface area contributed by atoms with Crippen LogP contribution >= 0.6 is 0 Å². The van der Waals surface area contributed by atoms with Gasteiger partial charge in [0.1, 0.15) is 12.6 Å². The highest BCUT2D eigenvalue weighted by Gasteiger charge is 2.19. The summed E-state index contributed by atoms with van der Waals surface area (Å²) in [6.45, 7) is 5.23. The number of nitrogens with zero attached hydrogens (tertiary/aromatic N) is 1. The summed E-state index contributed by atoms with van der Waals surface area (Å²) < 4.78 is 5.19. The molecular weight excluding hydrogens is 198 g/mol. The lowest BCUT2D eigenvalue weighted by Crippen LogP contribution is -2.39. The van der Waals surface area contributed by atoms with E-state index < -0.39 is 12.1 Å². The van der Waals surface area contributed by atoms with Gasteiger partial charge in [-0.15, -0.1) is 6.58 Å². The molecule has 0 heterocycles. The predicted octanol–water partition coefficient (Wildman–Crippen LogP) is 0.511. The van der Waals surface area contributed by atoms with Crippen molar-refractivity contribution < 1.29 is 19.4 Å². The number of likely N-dealkylation sites (N-methyl/N-ethyl adjacent to an activating group) is 1. The standard InChI is InChI=1S/C10H17NO4/c1-4-5-6-15-8(2)10(14)11(3)7-9(12)13/h4,8H,1,5-7H2,2-3H3,(H,12,13). The van der Waals surface area contributed by atoms with Crippen LogP contribution in [0.1, 0.15) is 13.3 Å². The van der Waals surface area contributed by atoms with Crippen LogP contribution in [-0.2, 0) is 14.3 Å². The van der Waals surface area contributed by atoms with Crippen LogP contribution in [0.5, 0.6) is 0 Å². The van der Waals surface area contributed by atoms with Crippen molar-refractivity contribution in [2.24, 2.45) is 0 Å². The van der Waals surface area contributed by atoms with E-state index in [1.807, 2.05) is 0 Å². The molecule has 0 saturated heterocycles. The van der Waals surface area contributed by atoms with Gasteiger partial charge in [0.2, 0.25) is 0 Å². The molecular formula is C10H17NO4. The summed E-state index contributed by atoms with van der Waals surface area (Å²) in [5.41, 5.74) is 0. The Morgan fingerprint density at radius 3 is 2.67 bits per heavy atom. The lowest BCUT2D eigenvalue weighted by Gasteiger charge is -2.19. The Morgan fingerprint density at radius 2 is 2.20 bits per heavy atom. The average molecular weight is 215 g/mol. The maximum absolute atomic E-state index is 11.5. The van der Waals surface area contributed by atoms with Gasteiger partial charge < -0.3 is 14.7 Å². The zero-order chi connectivity index (χ0) is 11.8. The van der Waals surface area contributed by atoms with Gasteiger partial charge in [-0.3, -0.25) is 9.59 Å². The Hall–Kier alpha value is -1.36. The fourth-order valence-electron chi connectivity index (χ4n) is 0.991. The minimum Gasteiger partial charge on any atom is -0.480 e. The summed E-state index contributed by atoms with van der Waals surface area (Å²) in [5, 5.41) is 8.48. The van der Waals surface area contributed by atoms with E-state index in [-0.39, 0.29) is 12.5 Å². The third-order valence-corrected chi connectivity index (χ3v) is 1.79. The summed E-state index contributed by atoms with van der Waals surface area (Å²) >= 11 is 0. The molecule has 1 N–H and O–H groups in total. The molecule has 0 aliphatic carbocycles. The van der Waals surface area contributed by atoms with E-state index in [9.17, 15) is 9.59 Å². The topological polar surface area (TPSA) is 66.8 Å². The molecule has 0 fully saturated rings. The van der Waals surface area contributed by atoms with Crippen LogP contribution < -0.4 is 0 Å². The molecule has 0 aliphatic rings. The van der Waals surface area contributed by atoms with Crippen molar-refractivity contribution in [3.8, 4) is 0 Å². The Morgan fingerprint density at radius 1 is 1.60 bits per heavy atom. The van der Waals surface area contributed by atoms with Crippen molar-refractivity contribution in [3.63, 3.8) is 0 Å². The van der Waals surface area contributed by atoms with Crippen LogP contribution in [0.4, 0.5) is 0 Å². The molecule has 0 rings (SSSR count). The molecule has 86 valence electrons. The first kappa shape index (κ1) is 13.6. The number of amides is 1. The van der Waals surface area contributed by atoms with Gasteiger partial charge in [0, 0.05) is 7.05 Å². The van der Waals surface area contributed by atoms with Crippen LogP contribution in [0, 0.1) is 0 Å². The molecule has 0 saturated carbocycles. The Balaban J connectivity index is 3.95. The van der Waals surface area contributed by atoms with Crippen molar-refractivity contribution in [2.45, 2.75) is 19.4 Å². The van der Waals surface area contributed by atoms with Gasteiger partial charge in [0.25, 0.3) is 5.91 Å². The second kappa shape index (κ2) is 7.00. The number of carboxylic acids is 1. The summed E-state index contributed by atoms with van der Waals surface area (Å²) in [6.07, 6.45) is 1.74. The zero-order valence-electron chi connectivity index (χ0n) is 9.10. The molecule has 15 heavy (non-hydrogen) atoms. The number of carbonyl (C=O) groups is 2. The van der Waals surface area contributed by atoms with E-state index in [4.69, 9.17) is 9.84 Å². The van der Waals surface area contributed by atoms with Gasteiger partial charge in [0.15, 0.2) is 0 Å². The summed E-state index contributed by atoms with van der Waals surface area (Å²) in [5.74, 6) is -1.37. The van der Waals surface area contributed by atoms with Gasteiger partial charge in [0.05, 0.1) is 6.61 Å². The fraction of sp³-hybridized carbons (Fsp3) is 0.600. The number of carbonyl (C=O) groups excluding carboxylic acids is 1. The molecule has 5 nitrogen and oxygen atoms in total. The highest BCUT2D eigenvalue weighted by molar-refractivity contribution is 5.84.